The van der Waals surface area contributed by atoms with Crippen molar-refractivity contribution in [2.45, 2.75) is 26.3 Å². The fraction of sp³-hybridized carbons (Fsp3) is 0.923. The maximum atomic E-state index is 5.05. The number of likely N-dealkylation sites (N-methyl/N-ethyl adjacent to an activating group) is 1. The van der Waals surface area contributed by atoms with Gasteiger partial charge >= 0.3 is 0 Å². The lowest BCUT2D eigenvalue weighted by Gasteiger charge is -2.15. The van der Waals surface area contributed by atoms with Crippen molar-refractivity contribution in [3.8, 4) is 0 Å². The minimum absolute atomic E-state index is 0. The quantitative estimate of drug-likeness (QED) is 0.375. The van der Waals surface area contributed by atoms with E-state index in [1.807, 2.05) is 0 Å². The van der Waals surface area contributed by atoms with Crippen LogP contribution in [0.3, 0.4) is 0 Å². The Kier molecular flexibility index (Phi) is 10.6. The molecule has 114 valence electrons. The Bertz CT molecular complexity index is 263. The first kappa shape index (κ1) is 18.9. The summed E-state index contributed by atoms with van der Waals surface area (Å²) in [6, 6.07) is 0.619. The summed E-state index contributed by atoms with van der Waals surface area (Å²) in [7, 11) is 3.83. The first-order valence-corrected chi connectivity index (χ1v) is 6.89. The third-order valence-corrected chi connectivity index (χ3v) is 3.20. The van der Waals surface area contributed by atoms with Crippen LogP contribution in [0.1, 0.15) is 20.3 Å². The van der Waals surface area contributed by atoms with Gasteiger partial charge in [0.25, 0.3) is 0 Å². The van der Waals surface area contributed by atoms with Crippen LogP contribution in [0, 0.1) is 5.92 Å². The topological polar surface area (TPSA) is 48.9 Å². The summed E-state index contributed by atoms with van der Waals surface area (Å²) in [6.07, 6.45) is 1.26. The Hall–Kier alpha value is -0.0800. The number of methoxy groups -OCH3 is 1. The average Bonchev–Trinajstić information content (AvgIpc) is 3.02. The Morgan fingerprint density at radius 1 is 1.42 bits per heavy atom. The highest BCUT2D eigenvalue weighted by Gasteiger charge is 2.33. The Morgan fingerprint density at radius 3 is 2.63 bits per heavy atom. The summed E-state index contributed by atoms with van der Waals surface area (Å²) in [5, 5.41) is 6.74. The summed E-state index contributed by atoms with van der Waals surface area (Å²) < 4.78 is 5.05. The first-order valence-electron chi connectivity index (χ1n) is 6.89. The Labute approximate surface area is 134 Å². The van der Waals surface area contributed by atoms with E-state index in [2.05, 4.69) is 41.4 Å². The van der Waals surface area contributed by atoms with Crippen LogP contribution in [0.15, 0.2) is 4.99 Å². The number of halogens is 1. The number of nitrogens with zero attached hydrogens (tertiary/aromatic N) is 2. The van der Waals surface area contributed by atoms with Gasteiger partial charge in [0.1, 0.15) is 0 Å². The molecule has 0 aromatic carbocycles. The second-order valence-electron chi connectivity index (χ2n) is 5.02. The van der Waals surface area contributed by atoms with Crippen LogP contribution in [0.4, 0.5) is 0 Å². The molecule has 0 saturated heterocycles. The summed E-state index contributed by atoms with van der Waals surface area (Å²) in [6.45, 7) is 8.77. The smallest absolute Gasteiger partial charge is 0.191 e. The second kappa shape index (κ2) is 10.7. The number of guanidine groups is 1. The predicted octanol–water partition coefficient (Wildman–Crippen LogP) is 1.15. The van der Waals surface area contributed by atoms with Gasteiger partial charge in [0.15, 0.2) is 5.96 Å². The molecule has 2 unspecified atom stereocenters. The highest BCUT2D eigenvalue weighted by atomic mass is 127. The van der Waals surface area contributed by atoms with Gasteiger partial charge in [0.2, 0.25) is 0 Å². The normalized spacial score (nSPS) is 22.1. The number of hydrogen-bond donors (Lipinski definition) is 2. The van der Waals surface area contributed by atoms with E-state index in [0.717, 1.165) is 44.7 Å². The van der Waals surface area contributed by atoms with Crippen molar-refractivity contribution in [1.29, 1.82) is 0 Å². The van der Waals surface area contributed by atoms with Gasteiger partial charge in [-0.05, 0) is 26.3 Å². The van der Waals surface area contributed by atoms with E-state index in [9.17, 15) is 0 Å². The van der Waals surface area contributed by atoms with Crippen molar-refractivity contribution in [2.24, 2.45) is 10.9 Å². The van der Waals surface area contributed by atoms with Gasteiger partial charge in [-0.2, -0.15) is 0 Å². The van der Waals surface area contributed by atoms with Crippen LogP contribution < -0.4 is 10.6 Å². The molecule has 1 fully saturated rings. The third-order valence-electron chi connectivity index (χ3n) is 3.20. The zero-order valence-electron chi connectivity index (χ0n) is 12.6. The number of nitrogens with one attached hydrogen (secondary N) is 2. The van der Waals surface area contributed by atoms with Crippen molar-refractivity contribution in [2.75, 3.05) is 46.9 Å². The maximum absolute atomic E-state index is 5.05. The predicted molar refractivity (Wildman–Crippen MR) is 91.5 cm³/mol. The lowest BCUT2D eigenvalue weighted by Crippen LogP contribution is -2.39. The van der Waals surface area contributed by atoms with E-state index in [1.54, 1.807) is 7.11 Å². The molecule has 1 saturated carbocycles. The average molecular weight is 384 g/mol. The fourth-order valence-corrected chi connectivity index (χ4v) is 1.71. The molecule has 1 rings (SSSR count). The molecule has 5 nitrogen and oxygen atoms in total. The molecule has 0 bridgehead atoms. The fourth-order valence-electron chi connectivity index (χ4n) is 1.71. The van der Waals surface area contributed by atoms with Gasteiger partial charge < -0.3 is 20.3 Å². The van der Waals surface area contributed by atoms with Gasteiger partial charge in [-0.25, -0.2) is 0 Å². The van der Waals surface area contributed by atoms with Gasteiger partial charge in [-0.15, -0.1) is 24.0 Å². The van der Waals surface area contributed by atoms with Gasteiger partial charge in [0, 0.05) is 32.8 Å². The Balaban J connectivity index is 0.00000324. The van der Waals surface area contributed by atoms with Gasteiger partial charge in [-0.3, -0.25) is 4.99 Å². The van der Waals surface area contributed by atoms with E-state index in [0.29, 0.717) is 6.04 Å². The summed E-state index contributed by atoms with van der Waals surface area (Å²) in [4.78, 5) is 6.82. The highest BCUT2D eigenvalue weighted by Crippen LogP contribution is 2.28. The SMILES string of the molecule is CCNC(=NCCN(C)CCOC)NC1CC1C.I. The number of rotatable bonds is 8. The molecule has 0 spiro atoms. The molecule has 1 aliphatic rings. The zero-order valence-corrected chi connectivity index (χ0v) is 14.9. The summed E-state index contributed by atoms with van der Waals surface area (Å²) >= 11 is 0. The monoisotopic (exact) mass is 384 g/mol. The Morgan fingerprint density at radius 2 is 2.11 bits per heavy atom. The largest absolute Gasteiger partial charge is 0.383 e. The summed E-state index contributed by atoms with van der Waals surface area (Å²) in [5.41, 5.74) is 0. The third kappa shape index (κ3) is 8.65. The van der Waals surface area contributed by atoms with E-state index >= 15 is 0 Å². The maximum Gasteiger partial charge on any atom is 0.191 e. The van der Waals surface area contributed by atoms with Crippen LogP contribution in [-0.4, -0.2) is 63.8 Å². The molecule has 0 aromatic rings. The van der Waals surface area contributed by atoms with Crippen molar-refractivity contribution < 1.29 is 4.74 Å². The highest BCUT2D eigenvalue weighted by molar-refractivity contribution is 14.0. The number of aliphatic imine (C=N–C) groups is 1. The molecule has 2 N–H and O–H groups in total. The van der Waals surface area contributed by atoms with Crippen LogP contribution in [0.25, 0.3) is 0 Å². The van der Waals surface area contributed by atoms with Crippen LogP contribution in [0.5, 0.6) is 0 Å². The molecule has 19 heavy (non-hydrogen) atoms. The van der Waals surface area contributed by atoms with E-state index < -0.39 is 0 Å². The van der Waals surface area contributed by atoms with Crippen LogP contribution >= 0.6 is 24.0 Å². The van der Waals surface area contributed by atoms with E-state index in [4.69, 9.17) is 4.74 Å². The van der Waals surface area contributed by atoms with Gasteiger partial charge in [0.05, 0.1) is 13.2 Å². The molecule has 0 radical (unpaired) electrons. The van der Waals surface area contributed by atoms with Gasteiger partial charge in [-0.1, -0.05) is 6.92 Å². The molecule has 0 heterocycles. The molecule has 2 atom stereocenters. The molecular weight excluding hydrogens is 355 g/mol. The van der Waals surface area contributed by atoms with Crippen LogP contribution in [0.2, 0.25) is 0 Å². The van der Waals surface area contributed by atoms with Crippen molar-refractivity contribution in [3.63, 3.8) is 0 Å². The number of hydrogen-bond acceptors (Lipinski definition) is 3. The van der Waals surface area contributed by atoms with E-state index in [-0.39, 0.29) is 24.0 Å². The molecule has 0 amide bonds. The second-order valence-corrected chi connectivity index (χ2v) is 5.02. The van der Waals surface area contributed by atoms with E-state index in [1.165, 1.54) is 6.42 Å². The lowest BCUT2D eigenvalue weighted by molar-refractivity contribution is 0.163. The summed E-state index contributed by atoms with van der Waals surface area (Å²) in [5.74, 6) is 1.74. The van der Waals surface area contributed by atoms with Crippen LogP contribution in [-0.2, 0) is 4.74 Å². The molecule has 0 aliphatic heterocycles. The van der Waals surface area contributed by atoms with Crippen molar-refractivity contribution >= 4 is 29.9 Å². The molecule has 0 aromatic heterocycles. The van der Waals surface area contributed by atoms with Crippen molar-refractivity contribution in [3.05, 3.63) is 0 Å². The minimum atomic E-state index is 0. The first-order chi connectivity index (χ1) is 8.67. The molecular formula is C13H29IN4O. The molecule has 1 aliphatic carbocycles. The minimum Gasteiger partial charge on any atom is -0.383 e. The number of ether oxygens (including phenoxy) is 1. The standard InChI is InChI=1S/C13H28N4O.HI/c1-5-14-13(16-12-10-11(12)2)15-6-7-17(3)8-9-18-4;/h11-12H,5-10H2,1-4H3,(H2,14,15,16);1H. The lowest BCUT2D eigenvalue weighted by atomic mass is 10.5. The molecule has 6 heteroatoms. The zero-order chi connectivity index (χ0) is 13.4. The van der Waals surface area contributed by atoms with Crippen molar-refractivity contribution in [1.82, 2.24) is 15.5 Å².